The molecule has 1 aromatic carbocycles. The minimum absolute atomic E-state index is 0.525. The number of benzene rings is 1. The maximum Gasteiger partial charge on any atom is 0.335 e. The van der Waals surface area contributed by atoms with Crippen molar-refractivity contribution in [2.75, 3.05) is 5.73 Å². The van der Waals surface area contributed by atoms with Crippen molar-refractivity contribution in [3.63, 3.8) is 0 Å². The number of nitrogens with zero attached hydrogens (tertiary/aromatic N) is 2. The van der Waals surface area contributed by atoms with Crippen molar-refractivity contribution in [1.82, 2.24) is 0 Å². The Labute approximate surface area is 73.9 Å². The first-order valence-electron chi connectivity index (χ1n) is 3.71. The van der Waals surface area contributed by atoms with E-state index in [-0.39, 0.29) is 0 Å². The SMILES string of the molecule is Nc1ccc2c(c1)C(C(=O)O)N=N2. The van der Waals surface area contributed by atoms with Crippen LogP contribution in [0.5, 0.6) is 0 Å². The Morgan fingerprint density at radius 3 is 3.00 bits per heavy atom. The summed E-state index contributed by atoms with van der Waals surface area (Å²) in [6.45, 7) is 0. The van der Waals surface area contributed by atoms with Crippen molar-refractivity contribution in [1.29, 1.82) is 0 Å². The molecule has 5 heteroatoms. The monoisotopic (exact) mass is 177 g/mol. The van der Waals surface area contributed by atoms with Gasteiger partial charge in [-0.05, 0) is 18.2 Å². The number of anilines is 1. The second-order valence-corrected chi connectivity index (χ2v) is 2.77. The number of fused-ring (bicyclic) bond motifs is 1. The van der Waals surface area contributed by atoms with Crippen molar-refractivity contribution in [2.45, 2.75) is 6.04 Å². The smallest absolute Gasteiger partial charge is 0.335 e. The molecule has 1 atom stereocenters. The third-order valence-electron chi connectivity index (χ3n) is 1.86. The van der Waals surface area contributed by atoms with E-state index >= 15 is 0 Å². The summed E-state index contributed by atoms with van der Waals surface area (Å²) in [4.78, 5) is 10.7. The molecule has 5 nitrogen and oxygen atoms in total. The van der Waals surface area contributed by atoms with Gasteiger partial charge in [-0.25, -0.2) is 4.79 Å². The zero-order chi connectivity index (χ0) is 9.42. The molecular formula is C8H7N3O2. The van der Waals surface area contributed by atoms with Crippen molar-refractivity contribution in [3.8, 4) is 0 Å². The molecule has 13 heavy (non-hydrogen) atoms. The van der Waals surface area contributed by atoms with Crippen molar-refractivity contribution < 1.29 is 9.90 Å². The summed E-state index contributed by atoms with van der Waals surface area (Å²) in [5.41, 5.74) is 7.19. The molecule has 0 aromatic heterocycles. The van der Waals surface area contributed by atoms with Gasteiger partial charge < -0.3 is 10.8 Å². The van der Waals surface area contributed by atoms with Gasteiger partial charge in [0.25, 0.3) is 0 Å². The lowest BCUT2D eigenvalue weighted by Crippen LogP contribution is -2.06. The van der Waals surface area contributed by atoms with E-state index in [9.17, 15) is 4.79 Å². The number of rotatable bonds is 1. The van der Waals surface area contributed by atoms with Crippen LogP contribution in [0.2, 0.25) is 0 Å². The lowest BCUT2D eigenvalue weighted by Gasteiger charge is -2.02. The number of azo groups is 1. The summed E-state index contributed by atoms with van der Waals surface area (Å²) in [6, 6.07) is 4.03. The summed E-state index contributed by atoms with van der Waals surface area (Å²) in [5.74, 6) is -1.01. The maximum atomic E-state index is 10.7. The lowest BCUT2D eigenvalue weighted by atomic mass is 10.1. The summed E-state index contributed by atoms with van der Waals surface area (Å²) in [6.07, 6.45) is 0. The van der Waals surface area contributed by atoms with Gasteiger partial charge in [0.05, 0.1) is 5.69 Å². The zero-order valence-electron chi connectivity index (χ0n) is 6.64. The molecule has 0 fully saturated rings. The van der Waals surface area contributed by atoms with E-state index in [1.807, 2.05) is 0 Å². The number of carboxylic acid groups (broad SMARTS) is 1. The van der Waals surface area contributed by atoms with E-state index in [2.05, 4.69) is 10.2 Å². The first-order chi connectivity index (χ1) is 6.18. The molecule has 1 aromatic rings. The third kappa shape index (κ3) is 1.14. The molecule has 2 rings (SSSR count). The van der Waals surface area contributed by atoms with Crippen LogP contribution in [0.4, 0.5) is 11.4 Å². The molecule has 1 unspecified atom stereocenters. The van der Waals surface area contributed by atoms with Gasteiger partial charge in [0, 0.05) is 11.3 Å². The van der Waals surface area contributed by atoms with Gasteiger partial charge in [-0.2, -0.15) is 10.2 Å². The van der Waals surface area contributed by atoms with E-state index in [1.54, 1.807) is 18.2 Å². The number of carboxylic acids is 1. The van der Waals surface area contributed by atoms with Gasteiger partial charge in [-0.15, -0.1) is 0 Å². The molecule has 3 N–H and O–H groups in total. The molecule has 1 aliphatic heterocycles. The Balaban J connectivity index is 2.51. The average Bonchev–Trinajstić information content (AvgIpc) is 2.46. The zero-order valence-corrected chi connectivity index (χ0v) is 6.64. The number of aliphatic carboxylic acids is 1. The second kappa shape index (κ2) is 2.55. The largest absolute Gasteiger partial charge is 0.479 e. The van der Waals surface area contributed by atoms with E-state index in [0.717, 1.165) is 0 Å². The Bertz CT molecular complexity index is 400. The summed E-state index contributed by atoms with van der Waals surface area (Å²) < 4.78 is 0. The number of nitrogens with two attached hydrogens (primary N) is 1. The van der Waals surface area contributed by atoms with Gasteiger partial charge >= 0.3 is 5.97 Å². The van der Waals surface area contributed by atoms with E-state index < -0.39 is 12.0 Å². The Morgan fingerprint density at radius 1 is 1.54 bits per heavy atom. The molecule has 0 aliphatic carbocycles. The standard InChI is InChI=1S/C8H7N3O2/c9-4-1-2-6-5(3-4)7(8(12)13)11-10-6/h1-3,7H,9H2,(H,12,13). The molecule has 0 saturated heterocycles. The van der Waals surface area contributed by atoms with Gasteiger partial charge in [0.1, 0.15) is 0 Å². The molecule has 0 bridgehead atoms. The van der Waals surface area contributed by atoms with E-state index in [0.29, 0.717) is 16.9 Å². The van der Waals surface area contributed by atoms with Crippen LogP contribution in [0, 0.1) is 0 Å². The first-order valence-corrected chi connectivity index (χ1v) is 3.71. The van der Waals surface area contributed by atoms with Gasteiger partial charge in [0.2, 0.25) is 0 Å². The summed E-state index contributed by atoms with van der Waals surface area (Å²) in [7, 11) is 0. The van der Waals surface area contributed by atoms with Crippen LogP contribution in [0.1, 0.15) is 11.6 Å². The molecule has 0 saturated carbocycles. The number of hydrogen-bond acceptors (Lipinski definition) is 4. The number of carbonyl (C=O) groups is 1. The number of nitrogen functional groups attached to an aromatic ring is 1. The predicted octanol–water partition coefficient (Wildman–Crippen LogP) is 1.49. The molecule has 0 spiro atoms. The van der Waals surface area contributed by atoms with E-state index in [4.69, 9.17) is 10.8 Å². The minimum atomic E-state index is -1.01. The highest BCUT2D eigenvalue weighted by molar-refractivity contribution is 5.80. The van der Waals surface area contributed by atoms with Crippen LogP contribution in [-0.2, 0) is 4.79 Å². The Kier molecular flexibility index (Phi) is 1.51. The number of hydrogen-bond donors (Lipinski definition) is 2. The fourth-order valence-corrected chi connectivity index (χ4v) is 1.25. The fourth-order valence-electron chi connectivity index (χ4n) is 1.25. The van der Waals surface area contributed by atoms with Gasteiger partial charge in [0.15, 0.2) is 6.04 Å². The molecule has 0 radical (unpaired) electrons. The average molecular weight is 177 g/mol. The van der Waals surface area contributed by atoms with Gasteiger partial charge in [-0.1, -0.05) is 0 Å². The molecule has 1 aliphatic rings. The molecular weight excluding hydrogens is 170 g/mol. The molecule has 0 amide bonds. The van der Waals surface area contributed by atoms with Crippen LogP contribution >= 0.6 is 0 Å². The lowest BCUT2D eigenvalue weighted by molar-refractivity contribution is -0.138. The second-order valence-electron chi connectivity index (χ2n) is 2.77. The fraction of sp³-hybridized carbons (Fsp3) is 0.125. The Morgan fingerprint density at radius 2 is 2.31 bits per heavy atom. The molecule has 1 heterocycles. The highest BCUT2D eigenvalue weighted by Crippen LogP contribution is 2.36. The highest BCUT2D eigenvalue weighted by atomic mass is 16.4. The van der Waals surface area contributed by atoms with Crippen molar-refractivity contribution >= 4 is 17.3 Å². The van der Waals surface area contributed by atoms with Crippen LogP contribution in [0.3, 0.4) is 0 Å². The highest BCUT2D eigenvalue weighted by Gasteiger charge is 2.26. The quantitative estimate of drug-likeness (QED) is 0.637. The van der Waals surface area contributed by atoms with Crippen molar-refractivity contribution in [3.05, 3.63) is 23.8 Å². The maximum absolute atomic E-state index is 10.7. The summed E-state index contributed by atoms with van der Waals surface area (Å²) in [5, 5.41) is 16.1. The summed E-state index contributed by atoms with van der Waals surface area (Å²) >= 11 is 0. The minimum Gasteiger partial charge on any atom is -0.479 e. The molecule has 66 valence electrons. The Hall–Kier alpha value is -1.91. The van der Waals surface area contributed by atoms with E-state index in [1.165, 1.54) is 0 Å². The van der Waals surface area contributed by atoms with Gasteiger partial charge in [-0.3, -0.25) is 0 Å². The first kappa shape index (κ1) is 7.72. The van der Waals surface area contributed by atoms with Crippen LogP contribution < -0.4 is 5.73 Å². The van der Waals surface area contributed by atoms with Crippen LogP contribution in [0.15, 0.2) is 28.4 Å². The van der Waals surface area contributed by atoms with Crippen LogP contribution in [-0.4, -0.2) is 11.1 Å². The topological polar surface area (TPSA) is 88.0 Å². The predicted molar refractivity (Wildman–Crippen MR) is 45.7 cm³/mol. The normalized spacial score (nSPS) is 18.6. The van der Waals surface area contributed by atoms with Crippen molar-refractivity contribution in [2.24, 2.45) is 10.2 Å². The third-order valence-corrected chi connectivity index (χ3v) is 1.86. The van der Waals surface area contributed by atoms with Crippen LogP contribution in [0.25, 0.3) is 0 Å².